The van der Waals surface area contributed by atoms with Crippen LogP contribution >= 0.6 is 23.4 Å². The summed E-state index contributed by atoms with van der Waals surface area (Å²) < 4.78 is 40.0. The Kier molecular flexibility index (Phi) is 4.25. The van der Waals surface area contributed by atoms with Crippen molar-refractivity contribution in [3.05, 3.63) is 58.9 Å². The molecule has 3 nitrogen and oxygen atoms in total. The van der Waals surface area contributed by atoms with E-state index >= 15 is 0 Å². The van der Waals surface area contributed by atoms with E-state index in [1.165, 1.54) is 28.8 Å². The highest BCUT2D eigenvalue weighted by atomic mass is 35.5. The number of halogens is 4. The van der Waals surface area contributed by atoms with Crippen LogP contribution in [0.4, 0.5) is 18.9 Å². The third-order valence-corrected chi connectivity index (χ3v) is 4.81. The summed E-state index contributed by atoms with van der Waals surface area (Å²) in [6.07, 6.45) is -1.49. The number of hydrogen-bond donors (Lipinski definition) is 0. The minimum atomic E-state index is -4.60. The molecule has 8 heteroatoms. The second-order valence-corrected chi connectivity index (χ2v) is 6.38. The van der Waals surface area contributed by atoms with Crippen LogP contribution in [0, 0.1) is 0 Å². The first-order chi connectivity index (χ1) is 10.9. The van der Waals surface area contributed by atoms with Crippen LogP contribution in [0.2, 0.25) is 5.02 Å². The van der Waals surface area contributed by atoms with Crippen LogP contribution in [0.3, 0.4) is 0 Å². The molecule has 3 rings (SSSR count). The lowest BCUT2D eigenvalue weighted by Crippen LogP contribution is -2.30. The Hall–Kier alpha value is -1.73. The summed E-state index contributed by atoms with van der Waals surface area (Å²) in [5.41, 5.74) is -0.438. The Morgan fingerprint density at radius 3 is 2.74 bits per heavy atom. The minimum Gasteiger partial charge on any atom is -0.294 e. The number of benzene rings is 1. The lowest BCUT2D eigenvalue weighted by atomic mass is 10.1. The van der Waals surface area contributed by atoms with E-state index in [9.17, 15) is 18.0 Å². The molecule has 120 valence electrons. The summed E-state index contributed by atoms with van der Waals surface area (Å²) in [5.74, 6) is -0.267. The monoisotopic (exact) mass is 358 g/mol. The quantitative estimate of drug-likeness (QED) is 0.790. The van der Waals surface area contributed by atoms with Crippen molar-refractivity contribution in [1.29, 1.82) is 0 Å². The van der Waals surface area contributed by atoms with E-state index in [4.69, 9.17) is 11.6 Å². The molecule has 0 aliphatic carbocycles. The van der Waals surface area contributed by atoms with Gasteiger partial charge >= 0.3 is 6.18 Å². The van der Waals surface area contributed by atoms with Gasteiger partial charge in [-0.1, -0.05) is 17.7 Å². The molecule has 1 aliphatic rings. The minimum absolute atomic E-state index is 0.0294. The number of rotatable bonds is 2. The standard InChI is InChI=1S/C15H10ClF3N2OS/c16-10-3-4-12(11(6-10)15(17,18)19)21-13(22)8-23-14(21)9-2-1-5-20-7-9/h1-7,14H,8H2/t14-/m1/s1. The lowest BCUT2D eigenvalue weighted by molar-refractivity contribution is -0.137. The number of carbonyl (C=O) groups excluding carboxylic acids is 1. The molecule has 1 aromatic heterocycles. The normalized spacial score (nSPS) is 18.5. The molecule has 1 amide bonds. The Morgan fingerprint density at radius 1 is 1.30 bits per heavy atom. The topological polar surface area (TPSA) is 33.2 Å². The number of hydrogen-bond acceptors (Lipinski definition) is 3. The maximum Gasteiger partial charge on any atom is 0.418 e. The molecular weight excluding hydrogens is 349 g/mol. The van der Waals surface area contributed by atoms with E-state index in [2.05, 4.69) is 4.98 Å². The highest BCUT2D eigenvalue weighted by molar-refractivity contribution is 8.00. The van der Waals surface area contributed by atoms with E-state index < -0.39 is 17.1 Å². The molecule has 0 unspecified atom stereocenters. The van der Waals surface area contributed by atoms with Gasteiger partial charge in [-0.3, -0.25) is 14.7 Å². The molecule has 0 bridgehead atoms. The maximum atomic E-state index is 13.3. The van der Waals surface area contributed by atoms with Crippen molar-refractivity contribution in [3.8, 4) is 0 Å². The van der Waals surface area contributed by atoms with Crippen LogP contribution in [0.5, 0.6) is 0 Å². The highest BCUT2D eigenvalue weighted by Crippen LogP contribution is 2.46. The first-order valence-corrected chi connectivity index (χ1v) is 8.01. The smallest absolute Gasteiger partial charge is 0.294 e. The van der Waals surface area contributed by atoms with Crippen molar-refractivity contribution in [2.24, 2.45) is 0 Å². The fourth-order valence-electron chi connectivity index (χ4n) is 2.40. The van der Waals surface area contributed by atoms with Crippen molar-refractivity contribution in [2.45, 2.75) is 11.6 Å². The lowest BCUT2D eigenvalue weighted by Gasteiger charge is -2.27. The molecule has 2 aromatic rings. The van der Waals surface area contributed by atoms with Crippen molar-refractivity contribution in [3.63, 3.8) is 0 Å². The van der Waals surface area contributed by atoms with Crippen LogP contribution in [0.25, 0.3) is 0 Å². The van der Waals surface area contributed by atoms with Crippen LogP contribution in [0.1, 0.15) is 16.5 Å². The Bertz CT molecular complexity index is 739. The molecule has 0 N–H and O–H groups in total. The number of thioether (sulfide) groups is 1. The number of amides is 1. The van der Waals surface area contributed by atoms with Crippen molar-refractivity contribution in [2.75, 3.05) is 10.7 Å². The van der Waals surface area contributed by atoms with E-state index in [1.54, 1.807) is 24.5 Å². The second-order valence-electron chi connectivity index (χ2n) is 4.87. The number of anilines is 1. The molecule has 2 heterocycles. The van der Waals surface area contributed by atoms with Crippen molar-refractivity contribution >= 4 is 35.0 Å². The van der Waals surface area contributed by atoms with Gasteiger partial charge in [0.2, 0.25) is 5.91 Å². The first-order valence-electron chi connectivity index (χ1n) is 6.58. The Balaban J connectivity index is 2.11. The summed E-state index contributed by atoms with van der Waals surface area (Å²) in [7, 11) is 0. The number of pyridine rings is 1. The highest BCUT2D eigenvalue weighted by Gasteiger charge is 2.41. The summed E-state index contributed by atoms with van der Waals surface area (Å²) in [5, 5.41) is -0.572. The van der Waals surface area contributed by atoms with E-state index in [0.29, 0.717) is 5.56 Å². The molecule has 1 atom stereocenters. The average Bonchev–Trinajstić information content (AvgIpc) is 2.89. The van der Waals surface area contributed by atoms with E-state index in [1.807, 2.05) is 0 Å². The third kappa shape index (κ3) is 3.16. The number of alkyl halides is 3. The van der Waals surface area contributed by atoms with Crippen LogP contribution in [-0.2, 0) is 11.0 Å². The average molecular weight is 359 g/mol. The molecule has 1 aromatic carbocycles. The molecule has 1 saturated heterocycles. The van der Waals surface area contributed by atoms with Gasteiger partial charge in [-0.25, -0.2) is 0 Å². The number of carbonyl (C=O) groups is 1. The third-order valence-electron chi connectivity index (χ3n) is 3.36. The van der Waals surface area contributed by atoms with Gasteiger partial charge in [-0.15, -0.1) is 11.8 Å². The van der Waals surface area contributed by atoms with Gasteiger partial charge in [-0.05, 0) is 24.3 Å². The summed E-state index contributed by atoms with van der Waals surface area (Å²) in [4.78, 5) is 17.3. The molecule has 0 radical (unpaired) electrons. The van der Waals surface area contributed by atoms with Gasteiger partial charge < -0.3 is 0 Å². The second kappa shape index (κ2) is 6.05. The Morgan fingerprint density at radius 2 is 2.09 bits per heavy atom. The largest absolute Gasteiger partial charge is 0.418 e. The molecule has 0 spiro atoms. The van der Waals surface area contributed by atoms with Gasteiger partial charge in [0.05, 0.1) is 17.0 Å². The Labute approximate surface area is 139 Å². The van der Waals surface area contributed by atoms with Crippen molar-refractivity contribution < 1.29 is 18.0 Å². The van der Waals surface area contributed by atoms with Gasteiger partial charge in [0.1, 0.15) is 5.37 Å². The SMILES string of the molecule is O=C1CS[C@H](c2cccnc2)N1c1ccc(Cl)cc1C(F)(F)F. The van der Waals surface area contributed by atoms with Crippen LogP contribution < -0.4 is 4.90 Å². The number of nitrogens with zero attached hydrogens (tertiary/aromatic N) is 2. The predicted octanol–water partition coefficient (Wildman–Crippen LogP) is 4.53. The zero-order valence-electron chi connectivity index (χ0n) is 11.5. The number of aromatic nitrogens is 1. The van der Waals surface area contributed by atoms with Gasteiger partial charge in [0.15, 0.2) is 0 Å². The van der Waals surface area contributed by atoms with Crippen LogP contribution in [0.15, 0.2) is 42.7 Å². The molecule has 1 aliphatic heterocycles. The van der Waals surface area contributed by atoms with Gasteiger partial charge in [0, 0.05) is 23.0 Å². The first kappa shape index (κ1) is 16.1. The van der Waals surface area contributed by atoms with Gasteiger partial charge in [0.25, 0.3) is 0 Å². The van der Waals surface area contributed by atoms with Crippen LogP contribution in [-0.4, -0.2) is 16.6 Å². The summed E-state index contributed by atoms with van der Waals surface area (Å²) in [6, 6.07) is 6.84. The molecule has 23 heavy (non-hydrogen) atoms. The summed E-state index contributed by atoms with van der Waals surface area (Å²) >= 11 is 6.97. The molecule has 1 fully saturated rings. The zero-order valence-corrected chi connectivity index (χ0v) is 13.1. The predicted molar refractivity (Wildman–Crippen MR) is 83.4 cm³/mol. The fraction of sp³-hybridized carbons (Fsp3) is 0.200. The zero-order chi connectivity index (χ0) is 16.6. The maximum absolute atomic E-state index is 13.3. The van der Waals surface area contributed by atoms with Crippen molar-refractivity contribution in [1.82, 2.24) is 4.98 Å². The van der Waals surface area contributed by atoms with E-state index in [-0.39, 0.29) is 22.4 Å². The van der Waals surface area contributed by atoms with E-state index in [0.717, 1.165) is 6.07 Å². The summed E-state index contributed by atoms with van der Waals surface area (Å²) in [6.45, 7) is 0. The fourth-order valence-corrected chi connectivity index (χ4v) is 3.72. The molecular formula is C15H10ClF3N2OS. The molecule has 0 saturated carbocycles. The van der Waals surface area contributed by atoms with Gasteiger partial charge in [-0.2, -0.15) is 13.2 Å².